The minimum absolute atomic E-state index is 0.0178. The molecule has 2 fully saturated rings. The summed E-state index contributed by atoms with van der Waals surface area (Å²) in [5.74, 6) is -1.42. The number of nitrogens with zero attached hydrogens (tertiary/aromatic N) is 2. The largest absolute Gasteiger partial charge is 0.434 e. The van der Waals surface area contributed by atoms with E-state index in [0.717, 1.165) is 17.0 Å². The van der Waals surface area contributed by atoms with E-state index >= 15 is 0 Å². The Morgan fingerprint density at radius 1 is 1.28 bits per heavy atom. The minimum Gasteiger partial charge on any atom is -0.434 e. The van der Waals surface area contributed by atoms with Gasteiger partial charge in [-0.1, -0.05) is 0 Å². The van der Waals surface area contributed by atoms with Crippen molar-refractivity contribution in [1.82, 2.24) is 5.32 Å². The Kier molecular flexibility index (Phi) is 4.89. The summed E-state index contributed by atoms with van der Waals surface area (Å²) in [6.45, 7) is 0.466. The summed E-state index contributed by atoms with van der Waals surface area (Å²) in [4.78, 5) is 26.0. The number of carbonyl (C=O) groups excluding carboxylic acids is 2. The van der Waals surface area contributed by atoms with E-state index in [1.54, 1.807) is 0 Å². The van der Waals surface area contributed by atoms with Gasteiger partial charge in [-0.25, -0.2) is 13.6 Å². The van der Waals surface area contributed by atoms with E-state index in [2.05, 4.69) is 5.32 Å². The molecule has 2 aliphatic heterocycles. The second kappa shape index (κ2) is 6.95. The highest BCUT2D eigenvalue weighted by molar-refractivity contribution is 7.85. The number of nitrogens with one attached hydrogen (secondary N) is 1. The third-order valence-corrected chi connectivity index (χ3v) is 5.43. The molecule has 136 valence electrons. The number of likely N-dealkylation sites (N-methyl/N-ethyl adjacent to an activating group) is 1. The van der Waals surface area contributed by atoms with Crippen LogP contribution in [0.5, 0.6) is 0 Å². The molecule has 2 amide bonds. The SMILES string of the molecule is CNC(=O)C1CN(c2cc(F)c(N3CCS(=O)CC3)c(F)c2)C(=O)O1. The highest BCUT2D eigenvalue weighted by Crippen LogP contribution is 2.31. The molecule has 1 atom stereocenters. The molecule has 25 heavy (non-hydrogen) atoms. The Morgan fingerprint density at radius 3 is 2.44 bits per heavy atom. The lowest BCUT2D eigenvalue weighted by atomic mass is 10.2. The number of carbonyl (C=O) groups is 2. The fourth-order valence-corrected chi connectivity index (χ4v) is 3.89. The number of cyclic esters (lactones) is 1. The third-order valence-electron chi connectivity index (χ3n) is 4.16. The van der Waals surface area contributed by atoms with Gasteiger partial charge >= 0.3 is 6.09 Å². The molecular formula is C15H17F2N3O4S. The standard InChI is InChI=1S/C15H17F2N3O4S/c1-18-14(21)12-8-20(15(22)24-12)9-6-10(16)13(11(17)7-9)19-2-4-25(23)5-3-19/h6-7,12H,2-5,8H2,1H3,(H,18,21). The van der Waals surface area contributed by atoms with Crippen LogP contribution in [0.1, 0.15) is 0 Å². The number of amides is 2. The number of halogens is 2. The zero-order valence-electron chi connectivity index (χ0n) is 13.5. The Labute approximate surface area is 145 Å². The Hall–Kier alpha value is -2.23. The molecule has 7 nitrogen and oxygen atoms in total. The molecule has 3 rings (SSSR count). The van der Waals surface area contributed by atoms with Crippen LogP contribution in [0.4, 0.5) is 25.0 Å². The molecule has 1 aromatic carbocycles. The monoisotopic (exact) mass is 373 g/mol. The van der Waals surface area contributed by atoms with Crippen LogP contribution in [0.2, 0.25) is 0 Å². The zero-order chi connectivity index (χ0) is 18.1. The molecule has 0 bridgehead atoms. The van der Waals surface area contributed by atoms with Crippen LogP contribution in [0.25, 0.3) is 0 Å². The fourth-order valence-electron chi connectivity index (χ4n) is 2.84. The maximum atomic E-state index is 14.5. The van der Waals surface area contributed by atoms with E-state index < -0.39 is 40.5 Å². The van der Waals surface area contributed by atoms with Crippen LogP contribution >= 0.6 is 0 Å². The van der Waals surface area contributed by atoms with Crippen LogP contribution in [0.15, 0.2) is 12.1 Å². The lowest BCUT2D eigenvalue weighted by Gasteiger charge is -2.29. The second-order valence-electron chi connectivity index (χ2n) is 5.69. The number of anilines is 2. The van der Waals surface area contributed by atoms with Crippen molar-refractivity contribution in [2.24, 2.45) is 0 Å². The predicted molar refractivity (Wildman–Crippen MR) is 88.1 cm³/mol. The van der Waals surface area contributed by atoms with Crippen molar-refractivity contribution < 1.29 is 27.3 Å². The van der Waals surface area contributed by atoms with Crippen LogP contribution in [-0.2, 0) is 20.3 Å². The van der Waals surface area contributed by atoms with Gasteiger partial charge in [0.25, 0.3) is 5.91 Å². The third kappa shape index (κ3) is 3.44. The normalized spacial score (nSPS) is 21.4. The van der Waals surface area contributed by atoms with Gasteiger partial charge in [-0.3, -0.25) is 13.9 Å². The Bertz CT molecular complexity index is 712. The maximum absolute atomic E-state index is 14.5. The molecule has 10 heteroatoms. The number of ether oxygens (including phenoxy) is 1. The Balaban J connectivity index is 1.84. The van der Waals surface area contributed by atoms with Crippen molar-refractivity contribution in [3.8, 4) is 0 Å². The van der Waals surface area contributed by atoms with Gasteiger partial charge in [-0.2, -0.15) is 0 Å². The van der Waals surface area contributed by atoms with E-state index in [4.69, 9.17) is 4.74 Å². The van der Waals surface area contributed by atoms with Gasteiger partial charge in [-0.05, 0) is 0 Å². The molecule has 0 saturated carbocycles. The number of hydrogen-bond acceptors (Lipinski definition) is 5. The van der Waals surface area contributed by atoms with Gasteiger partial charge in [0.05, 0.1) is 12.2 Å². The molecule has 0 spiro atoms. The quantitative estimate of drug-likeness (QED) is 0.840. The second-order valence-corrected chi connectivity index (χ2v) is 7.39. The molecule has 0 aliphatic carbocycles. The van der Waals surface area contributed by atoms with Crippen molar-refractivity contribution in [3.05, 3.63) is 23.8 Å². The molecule has 1 unspecified atom stereocenters. The lowest BCUT2D eigenvalue weighted by molar-refractivity contribution is -0.127. The topological polar surface area (TPSA) is 79.0 Å². The number of benzene rings is 1. The van der Waals surface area contributed by atoms with Crippen molar-refractivity contribution in [2.45, 2.75) is 6.10 Å². The molecule has 1 aromatic rings. The summed E-state index contributed by atoms with van der Waals surface area (Å²) < 4.78 is 45.3. The first-order valence-corrected chi connectivity index (χ1v) is 9.18. The van der Waals surface area contributed by atoms with Crippen LogP contribution in [0, 0.1) is 11.6 Å². The minimum atomic E-state index is -1.03. The summed E-state index contributed by atoms with van der Waals surface area (Å²) in [5.41, 5.74) is -0.216. The van der Waals surface area contributed by atoms with Crippen molar-refractivity contribution in [2.75, 3.05) is 48.0 Å². The van der Waals surface area contributed by atoms with Crippen LogP contribution in [0.3, 0.4) is 0 Å². The molecule has 0 aromatic heterocycles. The molecular weight excluding hydrogens is 356 g/mol. The molecule has 0 radical (unpaired) electrons. The smallest absolute Gasteiger partial charge is 0.415 e. The highest BCUT2D eigenvalue weighted by atomic mass is 32.2. The number of rotatable bonds is 3. The first-order valence-electron chi connectivity index (χ1n) is 7.69. The van der Waals surface area contributed by atoms with Crippen molar-refractivity contribution in [3.63, 3.8) is 0 Å². The van der Waals surface area contributed by atoms with Crippen molar-refractivity contribution >= 4 is 34.2 Å². The molecule has 2 aliphatic rings. The van der Waals surface area contributed by atoms with E-state index in [1.807, 2.05) is 0 Å². The summed E-state index contributed by atoms with van der Waals surface area (Å²) in [7, 11) is 0.439. The molecule has 1 N–H and O–H groups in total. The van der Waals surface area contributed by atoms with Gasteiger partial charge in [0, 0.05) is 54.6 Å². The van der Waals surface area contributed by atoms with E-state index in [0.29, 0.717) is 24.6 Å². The van der Waals surface area contributed by atoms with E-state index in [9.17, 15) is 22.6 Å². The van der Waals surface area contributed by atoms with Crippen molar-refractivity contribution in [1.29, 1.82) is 0 Å². The summed E-state index contributed by atoms with van der Waals surface area (Å²) in [5, 5.41) is 2.36. The van der Waals surface area contributed by atoms with E-state index in [1.165, 1.54) is 11.9 Å². The predicted octanol–water partition coefficient (Wildman–Crippen LogP) is 0.605. The average molecular weight is 373 g/mol. The average Bonchev–Trinajstić information content (AvgIpc) is 2.97. The van der Waals surface area contributed by atoms with E-state index in [-0.39, 0.29) is 17.9 Å². The van der Waals surface area contributed by atoms with Gasteiger partial charge in [0.1, 0.15) is 5.69 Å². The lowest BCUT2D eigenvalue weighted by Crippen LogP contribution is -2.39. The van der Waals surface area contributed by atoms with Gasteiger partial charge in [0.15, 0.2) is 17.7 Å². The summed E-state index contributed by atoms with van der Waals surface area (Å²) in [6.07, 6.45) is -1.87. The van der Waals surface area contributed by atoms with Gasteiger partial charge in [-0.15, -0.1) is 0 Å². The first kappa shape index (κ1) is 17.6. The zero-order valence-corrected chi connectivity index (χ0v) is 14.3. The van der Waals surface area contributed by atoms with Crippen LogP contribution < -0.4 is 15.1 Å². The summed E-state index contributed by atoms with van der Waals surface area (Å²) in [6, 6.07) is 2.08. The Morgan fingerprint density at radius 2 is 1.88 bits per heavy atom. The maximum Gasteiger partial charge on any atom is 0.415 e. The van der Waals surface area contributed by atoms with Crippen LogP contribution in [-0.4, -0.2) is 60.5 Å². The fraction of sp³-hybridized carbons (Fsp3) is 0.467. The highest BCUT2D eigenvalue weighted by Gasteiger charge is 2.37. The van der Waals surface area contributed by atoms with Gasteiger partial charge < -0.3 is 15.0 Å². The van der Waals surface area contributed by atoms with Gasteiger partial charge in [0.2, 0.25) is 0 Å². The first-order chi connectivity index (χ1) is 11.9. The number of hydrogen-bond donors (Lipinski definition) is 1. The molecule has 2 heterocycles. The summed E-state index contributed by atoms with van der Waals surface area (Å²) >= 11 is 0. The molecule has 2 saturated heterocycles.